The number of rotatable bonds is 2. The monoisotopic (exact) mass is 285 g/mol. The number of nitrogens with one attached hydrogen (secondary N) is 1. The van der Waals surface area contributed by atoms with Crippen LogP contribution in [0.25, 0.3) is 21.3 Å². The zero-order chi connectivity index (χ0) is 14.3. The molecule has 0 aliphatic carbocycles. The summed E-state index contributed by atoms with van der Waals surface area (Å²) in [6.07, 6.45) is 0. The molecule has 0 spiro atoms. The zero-order valence-electron chi connectivity index (χ0n) is 11.3. The third-order valence-corrected chi connectivity index (χ3v) is 4.35. The van der Waals surface area contributed by atoms with Crippen molar-refractivity contribution in [1.82, 2.24) is 4.98 Å². The molecular formula is C16H15NO2S. The van der Waals surface area contributed by atoms with Crippen molar-refractivity contribution in [2.45, 2.75) is 19.8 Å². The Morgan fingerprint density at radius 3 is 2.55 bits per heavy atom. The molecule has 0 radical (unpaired) electrons. The number of hydrogen-bond donors (Lipinski definition) is 2. The molecule has 0 bridgehead atoms. The van der Waals surface area contributed by atoms with Crippen LogP contribution in [0.3, 0.4) is 0 Å². The first-order valence-corrected chi connectivity index (χ1v) is 7.39. The van der Waals surface area contributed by atoms with Gasteiger partial charge in [0.2, 0.25) is 0 Å². The van der Waals surface area contributed by atoms with E-state index < -0.39 is 0 Å². The number of hydrogen-bond acceptors (Lipinski definition) is 3. The fourth-order valence-corrected chi connectivity index (χ4v) is 3.52. The van der Waals surface area contributed by atoms with E-state index in [-0.39, 0.29) is 11.3 Å². The molecule has 0 unspecified atom stereocenters. The molecule has 1 aromatic carbocycles. The van der Waals surface area contributed by atoms with Gasteiger partial charge in [-0.05, 0) is 22.4 Å². The van der Waals surface area contributed by atoms with Crippen molar-refractivity contribution in [3.63, 3.8) is 0 Å². The van der Waals surface area contributed by atoms with Crippen molar-refractivity contribution in [3.8, 4) is 16.9 Å². The molecule has 2 aromatic heterocycles. The second kappa shape index (κ2) is 4.80. The quantitative estimate of drug-likeness (QED) is 0.745. The molecule has 0 amide bonds. The summed E-state index contributed by atoms with van der Waals surface area (Å²) in [6, 6.07) is 9.26. The van der Waals surface area contributed by atoms with Crippen LogP contribution in [0.4, 0.5) is 0 Å². The molecule has 3 aromatic rings. The topological polar surface area (TPSA) is 53.1 Å². The summed E-state index contributed by atoms with van der Waals surface area (Å²) in [5.41, 5.74) is 1.89. The Balaban J connectivity index is 2.39. The molecule has 0 saturated heterocycles. The zero-order valence-corrected chi connectivity index (χ0v) is 12.1. The Kier molecular flexibility index (Phi) is 3.10. The maximum atomic E-state index is 12.2. The van der Waals surface area contributed by atoms with E-state index in [0.29, 0.717) is 11.5 Å². The van der Waals surface area contributed by atoms with Crippen molar-refractivity contribution >= 4 is 21.6 Å². The van der Waals surface area contributed by atoms with Crippen molar-refractivity contribution in [1.29, 1.82) is 0 Å². The number of pyridine rings is 1. The van der Waals surface area contributed by atoms with Crippen LogP contribution in [0.2, 0.25) is 0 Å². The highest BCUT2D eigenvalue weighted by Gasteiger charge is 2.18. The Morgan fingerprint density at radius 2 is 1.90 bits per heavy atom. The maximum absolute atomic E-state index is 12.2. The van der Waals surface area contributed by atoms with Gasteiger partial charge in [-0.2, -0.15) is 0 Å². The standard InChI is InChI=1S/C16H15NO2S/c1-9(2)11-8-20-16-13(11)14(18)12(15(19)17-16)10-6-4-3-5-7-10/h3-9H,1-2H3,(H2,17,18,19). The highest BCUT2D eigenvalue weighted by molar-refractivity contribution is 7.17. The third-order valence-electron chi connectivity index (χ3n) is 3.43. The van der Waals surface area contributed by atoms with Crippen LogP contribution in [0.15, 0.2) is 40.5 Å². The fraction of sp³-hybridized carbons (Fsp3) is 0.188. The summed E-state index contributed by atoms with van der Waals surface area (Å²) >= 11 is 1.46. The number of thiophene rings is 1. The molecule has 0 atom stereocenters. The number of fused-ring (bicyclic) bond motifs is 1. The third kappa shape index (κ3) is 1.93. The normalized spacial score (nSPS) is 11.3. The van der Waals surface area contributed by atoms with Gasteiger partial charge >= 0.3 is 0 Å². The predicted octanol–water partition coefficient (Wildman–Crippen LogP) is 4.09. The van der Waals surface area contributed by atoms with Gasteiger partial charge in [0.1, 0.15) is 10.6 Å². The van der Waals surface area contributed by atoms with Gasteiger partial charge in [-0.15, -0.1) is 11.3 Å². The minimum atomic E-state index is -0.252. The van der Waals surface area contributed by atoms with Gasteiger partial charge in [0.05, 0.1) is 10.9 Å². The number of aromatic hydroxyl groups is 1. The van der Waals surface area contributed by atoms with Crippen molar-refractivity contribution < 1.29 is 5.11 Å². The summed E-state index contributed by atoms with van der Waals surface area (Å²) in [7, 11) is 0. The van der Waals surface area contributed by atoms with Crippen LogP contribution >= 0.6 is 11.3 Å². The average molecular weight is 285 g/mol. The van der Waals surface area contributed by atoms with Crippen LogP contribution in [0.1, 0.15) is 25.3 Å². The summed E-state index contributed by atoms with van der Waals surface area (Å²) in [6.45, 7) is 4.16. The molecule has 0 fully saturated rings. The SMILES string of the molecule is CC(C)c1csc2[nH]c(=O)c(-c3ccccc3)c(O)c12. The summed E-state index contributed by atoms with van der Waals surface area (Å²) in [5, 5.41) is 13.4. The van der Waals surface area contributed by atoms with Crippen molar-refractivity contribution in [2.24, 2.45) is 0 Å². The lowest BCUT2D eigenvalue weighted by Crippen LogP contribution is -2.08. The first kappa shape index (κ1) is 12.9. The van der Waals surface area contributed by atoms with Gasteiger partial charge in [-0.3, -0.25) is 4.79 Å². The number of aromatic nitrogens is 1. The molecule has 0 aliphatic heterocycles. The minimum Gasteiger partial charge on any atom is -0.506 e. The van der Waals surface area contributed by atoms with Crippen LogP contribution < -0.4 is 5.56 Å². The predicted molar refractivity (Wildman–Crippen MR) is 83.6 cm³/mol. The van der Waals surface area contributed by atoms with E-state index in [9.17, 15) is 9.90 Å². The van der Waals surface area contributed by atoms with Crippen LogP contribution in [-0.4, -0.2) is 10.1 Å². The molecule has 3 nitrogen and oxygen atoms in total. The van der Waals surface area contributed by atoms with E-state index in [1.807, 2.05) is 35.7 Å². The van der Waals surface area contributed by atoms with Crippen LogP contribution in [0.5, 0.6) is 5.75 Å². The Morgan fingerprint density at radius 1 is 1.20 bits per heavy atom. The average Bonchev–Trinajstić information content (AvgIpc) is 2.84. The van der Waals surface area contributed by atoms with Crippen molar-refractivity contribution in [3.05, 3.63) is 51.6 Å². The van der Waals surface area contributed by atoms with Crippen LogP contribution in [-0.2, 0) is 0 Å². The number of aromatic amines is 1. The first-order chi connectivity index (χ1) is 9.59. The van der Waals surface area contributed by atoms with E-state index in [0.717, 1.165) is 21.3 Å². The lowest BCUT2D eigenvalue weighted by molar-refractivity contribution is 0.482. The molecule has 102 valence electrons. The molecular weight excluding hydrogens is 270 g/mol. The summed E-state index contributed by atoms with van der Waals surface area (Å²) in [5.74, 6) is 0.379. The largest absolute Gasteiger partial charge is 0.506 e. The van der Waals surface area contributed by atoms with Gasteiger partial charge in [0.15, 0.2) is 0 Å². The summed E-state index contributed by atoms with van der Waals surface area (Å²) < 4.78 is 0. The molecule has 3 rings (SSSR count). The van der Waals surface area contributed by atoms with E-state index in [1.54, 1.807) is 0 Å². The first-order valence-electron chi connectivity index (χ1n) is 6.51. The van der Waals surface area contributed by atoms with Gasteiger partial charge in [0.25, 0.3) is 5.56 Å². The van der Waals surface area contributed by atoms with Gasteiger partial charge < -0.3 is 10.1 Å². The maximum Gasteiger partial charge on any atom is 0.260 e. The smallest absolute Gasteiger partial charge is 0.260 e. The number of benzene rings is 1. The minimum absolute atomic E-state index is 0.0832. The molecule has 0 saturated carbocycles. The lowest BCUT2D eigenvalue weighted by Gasteiger charge is -2.08. The highest BCUT2D eigenvalue weighted by Crippen LogP contribution is 2.39. The van der Waals surface area contributed by atoms with Gasteiger partial charge in [-0.25, -0.2) is 0 Å². The Hall–Kier alpha value is -2.07. The van der Waals surface area contributed by atoms with Crippen molar-refractivity contribution in [2.75, 3.05) is 0 Å². The Bertz CT molecular complexity index is 816. The Labute approximate surface area is 120 Å². The van der Waals surface area contributed by atoms with Crippen LogP contribution in [0, 0.1) is 0 Å². The molecule has 4 heteroatoms. The highest BCUT2D eigenvalue weighted by atomic mass is 32.1. The molecule has 0 aliphatic rings. The number of H-pyrrole nitrogens is 1. The molecule has 2 N–H and O–H groups in total. The van der Waals surface area contributed by atoms with E-state index in [2.05, 4.69) is 18.8 Å². The lowest BCUT2D eigenvalue weighted by atomic mass is 9.99. The molecule has 20 heavy (non-hydrogen) atoms. The second-order valence-electron chi connectivity index (χ2n) is 5.09. The van der Waals surface area contributed by atoms with E-state index >= 15 is 0 Å². The van der Waals surface area contributed by atoms with Gasteiger partial charge in [-0.1, -0.05) is 44.2 Å². The van der Waals surface area contributed by atoms with Gasteiger partial charge in [0, 0.05) is 0 Å². The van der Waals surface area contributed by atoms with E-state index in [4.69, 9.17) is 0 Å². The fourth-order valence-electron chi connectivity index (χ4n) is 2.40. The molecule has 2 heterocycles. The van der Waals surface area contributed by atoms with E-state index in [1.165, 1.54) is 11.3 Å². The second-order valence-corrected chi connectivity index (χ2v) is 5.97. The summed E-state index contributed by atoms with van der Waals surface area (Å²) in [4.78, 5) is 15.8.